The van der Waals surface area contributed by atoms with E-state index in [1.165, 1.54) is 25.7 Å². The summed E-state index contributed by atoms with van der Waals surface area (Å²) in [6.07, 6.45) is 7.79. The summed E-state index contributed by atoms with van der Waals surface area (Å²) < 4.78 is 4.99. The molecule has 20 heavy (non-hydrogen) atoms. The molecule has 3 atom stereocenters. The molecular formula is C15H23N3O2. The average Bonchev–Trinajstić information content (AvgIpc) is 3.13. The molecule has 1 amide bonds. The van der Waals surface area contributed by atoms with Crippen LogP contribution in [0.5, 0.6) is 0 Å². The van der Waals surface area contributed by atoms with Crippen LogP contribution in [0.4, 0.5) is 0 Å². The predicted molar refractivity (Wildman–Crippen MR) is 73.9 cm³/mol. The van der Waals surface area contributed by atoms with Gasteiger partial charge in [0.1, 0.15) is 0 Å². The molecule has 2 saturated carbocycles. The first kappa shape index (κ1) is 13.6. The Bertz CT molecular complexity index is 471. The first-order chi connectivity index (χ1) is 9.70. The summed E-state index contributed by atoms with van der Waals surface area (Å²) in [5, 5.41) is 6.73. The second kappa shape index (κ2) is 5.94. The van der Waals surface area contributed by atoms with Gasteiger partial charge in [0.05, 0.1) is 0 Å². The molecule has 1 heterocycles. The summed E-state index contributed by atoms with van der Waals surface area (Å²) in [5.41, 5.74) is 0. The van der Waals surface area contributed by atoms with Gasteiger partial charge < -0.3 is 9.84 Å². The van der Waals surface area contributed by atoms with Crippen LogP contribution in [0.25, 0.3) is 0 Å². The van der Waals surface area contributed by atoms with E-state index in [-0.39, 0.29) is 5.91 Å². The summed E-state index contributed by atoms with van der Waals surface area (Å²) in [7, 11) is 0. The number of amides is 1. The van der Waals surface area contributed by atoms with Gasteiger partial charge in [-0.2, -0.15) is 4.98 Å². The number of rotatable bonds is 6. The van der Waals surface area contributed by atoms with Gasteiger partial charge in [0.2, 0.25) is 11.8 Å². The lowest BCUT2D eigenvalue weighted by atomic mass is 9.86. The number of fused-ring (bicyclic) bond motifs is 2. The van der Waals surface area contributed by atoms with Crippen molar-refractivity contribution in [3.05, 3.63) is 11.7 Å². The molecule has 5 heteroatoms. The maximum Gasteiger partial charge on any atom is 0.227 e. The topological polar surface area (TPSA) is 68.0 Å². The van der Waals surface area contributed by atoms with Gasteiger partial charge in [0, 0.05) is 19.4 Å². The van der Waals surface area contributed by atoms with E-state index < -0.39 is 0 Å². The van der Waals surface area contributed by atoms with Crippen molar-refractivity contribution < 1.29 is 9.32 Å². The number of aryl methyl sites for hydroxylation is 2. The first-order valence-electron chi connectivity index (χ1n) is 7.76. The Labute approximate surface area is 119 Å². The fourth-order valence-corrected chi connectivity index (χ4v) is 3.88. The highest BCUT2D eigenvalue weighted by Crippen LogP contribution is 2.49. The third-order valence-corrected chi connectivity index (χ3v) is 4.86. The summed E-state index contributed by atoms with van der Waals surface area (Å²) in [4.78, 5) is 15.8. The van der Waals surface area contributed by atoms with Gasteiger partial charge in [-0.3, -0.25) is 4.79 Å². The number of carbonyl (C=O) groups is 1. The number of aromatic nitrogens is 2. The molecule has 0 spiro atoms. The van der Waals surface area contributed by atoms with Gasteiger partial charge in [-0.1, -0.05) is 11.6 Å². The largest absolute Gasteiger partial charge is 0.356 e. The van der Waals surface area contributed by atoms with Gasteiger partial charge in [0.25, 0.3) is 0 Å². The van der Waals surface area contributed by atoms with E-state index in [1.807, 2.05) is 0 Å². The highest BCUT2D eigenvalue weighted by atomic mass is 16.5. The van der Waals surface area contributed by atoms with Crippen LogP contribution in [-0.2, 0) is 11.2 Å². The standard InChI is InChI=1S/C15H23N3O2/c1-10-17-15(20-18-10)5-4-14(19)16-7-6-13-9-11-2-3-12(13)8-11/h11-13H,2-9H2,1H3,(H,16,19). The zero-order valence-corrected chi connectivity index (χ0v) is 12.1. The first-order valence-corrected chi connectivity index (χ1v) is 7.76. The van der Waals surface area contributed by atoms with Gasteiger partial charge in [-0.05, 0) is 50.4 Å². The fourth-order valence-electron chi connectivity index (χ4n) is 3.88. The Hall–Kier alpha value is -1.39. The van der Waals surface area contributed by atoms with Crippen molar-refractivity contribution in [1.82, 2.24) is 15.5 Å². The maximum atomic E-state index is 11.8. The summed E-state index contributed by atoms with van der Waals surface area (Å²) in [6.45, 7) is 2.60. The molecule has 1 N–H and O–H groups in total. The Morgan fingerprint density at radius 3 is 2.95 bits per heavy atom. The minimum atomic E-state index is 0.0870. The molecule has 5 nitrogen and oxygen atoms in total. The number of carbonyl (C=O) groups excluding carboxylic acids is 1. The van der Waals surface area contributed by atoms with E-state index >= 15 is 0 Å². The molecule has 2 fully saturated rings. The van der Waals surface area contributed by atoms with Crippen LogP contribution in [0, 0.1) is 24.7 Å². The Kier molecular flexibility index (Phi) is 4.03. The van der Waals surface area contributed by atoms with Crippen LogP contribution < -0.4 is 5.32 Å². The van der Waals surface area contributed by atoms with E-state index in [4.69, 9.17) is 4.52 Å². The molecule has 0 aromatic carbocycles. The van der Waals surface area contributed by atoms with Crippen LogP contribution in [0.15, 0.2) is 4.52 Å². The van der Waals surface area contributed by atoms with E-state index in [0.717, 1.165) is 30.7 Å². The minimum absolute atomic E-state index is 0.0870. The van der Waals surface area contributed by atoms with Crippen molar-refractivity contribution in [1.29, 1.82) is 0 Å². The predicted octanol–water partition coefficient (Wildman–Crippen LogP) is 2.25. The molecule has 3 unspecified atom stereocenters. The second-order valence-corrected chi connectivity index (χ2v) is 6.31. The van der Waals surface area contributed by atoms with Gasteiger partial charge in [0.15, 0.2) is 5.82 Å². The van der Waals surface area contributed by atoms with Gasteiger partial charge in [-0.25, -0.2) is 0 Å². The highest BCUT2D eigenvalue weighted by Gasteiger charge is 2.38. The van der Waals surface area contributed by atoms with Crippen molar-refractivity contribution in [3.8, 4) is 0 Å². The maximum absolute atomic E-state index is 11.8. The molecule has 1 aromatic heterocycles. The molecule has 0 radical (unpaired) electrons. The lowest BCUT2D eigenvalue weighted by Gasteiger charge is -2.21. The minimum Gasteiger partial charge on any atom is -0.356 e. The summed E-state index contributed by atoms with van der Waals surface area (Å²) in [5.74, 6) is 4.04. The Morgan fingerprint density at radius 1 is 1.40 bits per heavy atom. The quantitative estimate of drug-likeness (QED) is 0.866. The fraction of sp³-hybridized carbons (Fsp3) is 0.800. The molecule has 2 bridgehead atoms. The van der Waals surface area contributed by atoms with Crippen molar-refractivity contribution in [3.63, 3.8) is 0 Å². The highest BCUT2D eigenvalue weighted by molar-refractivity contribution is 5.75. The number of hydrogen-bond acceptors (Lipinski definition) is 4. The van der Waals surface area contributed by atoms with Crippen LogP contribution in [0.3, 0.4) is 0 Å². The molecule has 1 aromatic rings. The Morgan fingerprint density at radius 2 is 2.30 bits per heavy atom. The lowest BCUT2D eigenvalue weighted by molar-refractivity contribution is -0.121. The third kappa shape index (κ3) is 3.19. The van der Waals surface area contributed by atoms with E-state index in [2.05, 4.69) is 15.5 Å². The normalized spacial score (nSPS) is 27.9. The number of nitrogens with zero attached hydrogens (tertiary/aromatic N) is 2. The average molecular weight is 277 g/mol. The number of nitrogens with one attached hydrogen (secondary N) is 1. The molecule has 110 valence electrons. The molecule has 3 rings (SSSR count). The van der Waals surface area contributed by atoms with E-state index in [9.17, 15) is 4.79 Å². The molecular weight excluding hydrogens is 254 g/mol. The summed E-state index contributed by atoms with van der Waals surface area (Å²) in [6, 6.07) is 0. The zero-order valence-electron chi connectivity index (χ0n) is 12.1. The van der Waals surface area contributed by atoms with Crippen molar-refractivity contribution in [2.24, 2.45) is 17.8 Å². The molecule has 2 aliphatic rings. The van der Waals surface area contributed by atoms with Crippen LogP contribution >= 0.6 is 0 Å². The SMILES string of the molecule is Cc1noc(CCC(=O)NCCC2CC3CCC2C3)n1. The number of hydrogen-bond donors (Lipinski definition) is 1. The van der Waals surface area contributed by atoms with Gasteiger partial charge in [-0.15, -0.1) is 0 Å². The third-order valence-electron chi connectivity index (χ3n) is 4.86. The van der Waals surface area contributed by atoms with Crippen LogP contribution in [0.1, 0.15) is 50.2 Å². The van der Waals surface area contributed by atoms with Crippen molar-refractivity contribution in [2.75, 3.05) is 6.54 Å². The van der Waals surface area contributed by atoms with E-state index in [0.29, 0.717) is 24.6 Å². The smallest absolute Gasteiger partial charge is 0.227 e. The molecule has 0 saturated heterocycles. The van der Waals surface area contributed by atoms with Crippen molar-refractivity contribution >= 4 is 5.91 Å². The van der Waals surface area contributed by atoms with Crippen molar-refractivity contribution in [2.45, 2.75) is 51.9 Å². The van der Waals surface area contributed by atoms with E-state index in [1.54, 1.807) is 6.92 Å². The van der Waals surface area contributed by atoms with Crippen LogP contribution in [-0.4, -0.2) is 22.6 Å². The Balaban J connectivity index is 1.31. The monoisotopic (exact) mass is 277 g/mol. The van der Waals surface area contributed by atoms with Gasteiger partial charge >= 0.3 is 0 Å². The zero-order chi connectivity index (χ0) is 13.9. The molecule has 2 aliphatic carbocycles. The summed E-state index contributed by atoms with van der Waals surface area (Å²) >= 11 is 0. The lowest BCUT2D eigenvalue weighted by Crippen LogP contribution is -2.27. The molecule has 0 aliphatic heterocycles. The second-order valence-electron chi connectivity index (χ2n) is 6.31. The van der Waals surface area contributed by atoms with Crippen LogP contribution in [0.2, 0.25) is 0 Å².